The van der Waals surface area contributed by atoms with Crippen LogP contribution in [0.25, 0.3) is 0 Å². The van der Waals surface area contributed by atoms with Crippen molar-refractivity contribution < 1.29 is 13.6 Å². The van der Waals surface area contributed by atoms with Crippen LogP contribution in [0.1, 0.15) is 27.0 Å². The zero-order valence-corrected chi connectivity index (χ0v) is 17.2. The molecule has 0 radical (unpaired) electrons. The maximum absolute atomic E-state index is 13.7. The highest BCUT2D eigenvalue weighted by atomic mass is 79.9. The maximum atomic E-state index is 13.7. The van der Waals surface area contributed by atoms with Crippen LogP contribution in [0.5, 0.6) is 0 Å². The Morgan fingerprint density at radius 2 is 1.18 bits per heavy atom. The number of rotatable bonds is 4. The predicted molar refractivity (Wildman–Crippen MR) is 96.9 cm³/mol. The summed E-state index contributed by atoms with van der Waals surface area (Å²) in [4.78, 5) is 12.7. The van der Waals surface area contributed by atoms with Crippen LogP contribution in [0.2, 0.25) is 0 Å². The molecule has 0 atom stereocenters. The largest absolute Gasteiger partial charge is 0.289 e. The zero-order chi connectivity index (χ0) is 16.4. The van der Waals surface area contributed by atoms with Crippen molar-refractivity contribution in [3.63, 3.8) is 0 Å². The minimum Gasteiger partial charge on any atom is -0.289 e. The summed E-state index contributed by atoms with van der Waals surface area (Å²) in [5, 5.41) is 0.783. The van der Waals surface area contributed by atoms with Gasteiger partial charge in [0, 0.05) is 30.7 Å². The molecule has 0 fully saturated rings. The first kappa shape index (κ1) is 18.2. The fourth-order valence-electron chi connectivity index (χ4n) is 1.96. The molecule has 0 unspecified atom stereocenters. The Hall–Kier alpha value is -0.110. The van der Waals surface area contributed by atoms with Gasteiger partial charge < -0.3 is 0 Å². The van der Waals surface area contributed by atoms with Crippen molar-refractivity contribution in [2.45, 2.75) is 10.7 Å². The van der Waals surface area contributed by atoms with Crippen molar-refractivity contribution in [2.24, 2.45) is 0 Å². The molecule has 2 aromatic carbocycles. The van der Waals surface area contributed by atoms with E-state index in [0.717, 1.165) is 12.1 Å². The molecule has 0 saturated carbocycles. The molecule has 0 bridgehead atoms. The van der Waals surface area contributed by atoms with Gasteiger partial charge in [-0.05, 0) is 67.3 Å². The second-order valence-corrected chi connectivity index (χ2v) is 7.16. The number of carbonyl (C=O) groups excluding carboxylic acids is 1. The second-order valence-electron chi connectivity index (χ2n) is 4.45. The van der Waals surface area contributed by atoms with Crippen molar-refractivity contribution in [3.8, 4) is 0 Å². The number of ketones is 1. The van der Waals surface area contributed by atoms with Crippen molar-refractivity contribution in [1.82, 2.24) is 0 Å². The minimum absolute atomic E-state index is 0.154. The lowest BCUT2D eigenvalue weighted by molar-refractivity contribution is 0.103. The van der Waals surface area contributed by atoms with Crippen LogP contribution in [-0.2, 0) is 10.7 Å². The van der Waals surface area contributed by atoms with Gasteiger partial charge in [-0.15, -0.1) is 0 Å². The van der Waals surface area contributed by atoms with E-state index < -0.39 is 17.4 Å². The molecule has 0 aromatic heterocycles. The third-order valence-electron chi connectivity index (χ3n) is 3.00. The van der Waals surface area contributed by atoms with E-state index in [1.165, 1.54) is 12.1 Å². The summed E-state index contributed by atoms with van der Waals surface area (Å²) in [6.45, 7) is 0. The number of alkyl halides is 2. The fourth-order valence-corrected chi connectivity index (χ4v) is 4.70. The summed E-state index contributed by atoms with van der Waals surface area (Å²) in [5.41, 5.74) is 1.52. The monoisotopic (exact) mass is 558 g/mol. The summed E-state index contributed by atoms with van der Waals surface area (Å²) in [7, 11) is 0. The number of carbonyl (C=O) groups is 1. The van der Waals surface area contributed by atoms with Crippen molar-refractivity contribution in [2.75, 3.05) is 0 Å². The molecule has 7 heteroatoms. The average molecular weight is 562 g/mol. The van der Waals surface area contributed by atoms with Gasteiger partial charge in [0.15, 0.2) is 5.78 Å². The van der Waals surface area contributed by atoms with Gasteiger partial charge in [-0.1, -0.05) is 31.9 Å². The van der Waals surface area contributed by atoms with E-state index in [-0.39, 0.29) is 11.1 Å². The highest BCUT2D eigenvalue weighted by Gasteiger charge is 2.21. The lowest BCUT2D eigenvalue weighted by Gasteiger charge is -2.11. The Labute approximate surface area is 160 Å². The number of benzene rings is 2. The molecule has 22 heavy (non-hydrogen) atoms. The van der Waals surface area contributed by atoms with Crippen LogP contribution in [0, 0.1) is 11.6 Å². The molecule has 0 aliphatic carbocycles. The Bertz CT molecular complexity index is 685. The summed E-state index contributed by atoms with van der Waals surface area (Å²) in [6.07, 6.45) is 0. The predicted octanol–water partition coefficient (Wildman–Crippen LogP) is 6.51. The standard InChI is InChI=1S/C15H8Br4F2O/c16-5-7-1-9(20)3-11(13(7)18)15(22)12-4-10(21)2-8(6-17)14(12)19/h1-4H,5-6H2. The van der Waals surface area contributed by atoms with E-state index in [2.05, 4.69) is 63.7 Å². The Kier molecular flexibility index (Phi) is 6.33. The van der Waals surface area contributed by atoms with E-state index in [1.54, 1.807) is 0 Å². The first-order valence-electron chi connectivity index (χ1n) is 6.01. The first-order valence-corrected chi connectivity index (χ1v) is 9.84. The lowest BCUT2D eigenvalue weighted by Crippen LogP contribution is -2.07. The number of hydrogen-bond acceptors (Lipinski definition) is 1. The van der Waals surface area contributed by atoms with Crippen LogP contribution in [-0.4, -0.2) is 5.78 Å². The van der Waals surface area contributed by atoms with Crippen LogP contribution in [0.3, 0.4) is 0 Å². The van der Waals surface area contributed by atoms with Gasteiger partial charge in [0.05, 0.1) is 0 Å². The van der Waals surface area contributed by atoms with E-state index in [4.69, 9.17) is 0 Å². The Morgan fingerprint density at radius 3 is 1.50 bits per heavy atom. The van der Waals surface area contributed by atoms with Gasteiger partial charge in [-0.25, -0.2) is 8.78 Å². The Balaban J connectivity index is 2.63. The molecule has 0 N–H and O–H groups in total. The quantitative estimate of drug-likeness (QED) is 0.307. The Morgan fingerprint density at radius 1 is 0.818 bits per heavy atom. The third kappa shape index (κ3) is 3.68. The third-order valence-corrected chi connectivity index (χ3v) is 6.08. The molecule has 0 aliphatic heterocycles. The highest BCUT2D eigenvalue weighted by Crippen LogP contribution is 2.32. The van der Waals surface area contributed by atoms with Crippen LogP contribution in [0.4, 0.5) is 8.78 Å². The van der Waals surface area contributed by atoms with Gasteiger partial charge in [0.2, 0.25) is 0 Å². The molecule has 2 aromatic rings. The number of hydrogen-bond donors (Lipinski definition) is 0. The smallest absolute Gasteiger partial charge is 0.195 e. The minimum atomic E-state index is -0.519. The summed E-state index contributed by atoms with van der Waals surface area (Å²) in [6, 6.07) is 4.95. The average Bonchev–Trinajstić information content (AvgIpc) is 2.50. The molecule has 2 rings (SSSR count). The molecule has 0 aliphatic rings. The highest BCUT2D eigenvalue weighted by molar-refractivity contribution is 9.11. The SMILES string of the molecule is O=C(c1cc(F)cc(CBr)c1Br)c1cc(F)cc(CBr)c1Br. The van der Waals surface area contributed by atoms with Gasteiger partial charge in [0.1, 0.15) is 11.6 Å². The van der Waals surface area contributed by atoms with E-state index >= 15 is 0 Å². The van der Waals surface area contributed by atoms with Crippen molar-refractivity contribution in [1.29, 1.82) is 0 Å². The summed E-state index contributed by atoms with van der Waals surface area (Å²) in [5.74, 6) is -1.49. The van der Waals surface area contributed by atoms with Crippen molar-refractivity contribution in [3.05, 3.63) is 67.1 Å². The van der Waals surface area contributed by atoms with E-state index in [1.807, 2.05) is 0 Å². The molecule has 116 valence electrons. The lowest BCUT2D eigenvalue weighted by atomic mass is 10.00. The molecule has 0 heterocycles. The zero-order valence-electron chi connectivity index (χ0n) is 10.9. The summed E-state index contributed by atoms with van der Waals surface area (Å²) < 4.78 is 28.4. The van der Waals surface area contributed by atoms with Gasteiger partial charge in [-0.2, -0.15) is 0 Å². The second kappa shape index (κ2) is 7.64. The molecule has 0 spiro atoms. The molecule has 0 amide bonds. The normalized spacial score (nSPS) is 10.8. The van der Waals surface area contributed by atoms with Crippen LogP contribution in [0.15, 0.2) is 33.2 Å². The van der Waals surface area contributed by atoms with Gasteiger partial charge >= 0.3 is 0 Å². The first-order chi connectivity index (χ1) is 10.4. The molecule has 1 nitrogen and oxygen atoms in total. The van der Waals surface area contributed by atoms with Gasteiger partial charge in [0.25, 0.3) is 0 Å². The maximum Gasteiger partial charge on any atom is 0.195 e. The molecular weight excluding hydrogens is 554 g/mol. The van der Waals surface area contributed by atoms with E-state index in [9.17, 15) is 13.6 Å². The van der Waals surface area contributed by atoms with Crippen LogP contribution >= 0.6 is 63.7 Å². The fraction of sp³-hybridized carbons (Fsp3) is 0.133. The number of halogens is 6. The molecule has 0 saturated heterocycles. The summed E-state index contributed by atoms with van der Waals surface area (Å²) >= 11 is 13.1. The van der Waals surface area contributed by atoms with Crippen LogP contribution < -0.4 is 0 Å². The van der Waals surface area contributed by atoms with E-state index in [0.29, 0.717) is 30.7 Å². The molecular formula is C15H8Br4F2O. The van der Waals surface area contributed by atoms with Crippen molar-refractivity contribution >= 4 is 69.5 Å². The topological polar surface area (TPSA) is 17.1 Å². The van der Waals surface area contributed by atoms with Gasteiger partial charge in [-0.3, -0.25) is 4.79 Å².